The molecule has 1 aliphatic heterocycles. The summed E-state index contributed by atoms with van der Waals surface area (Å²) < 4.78 is 5.27. The van der Waals surface area contributed by atoms with Gasteiger partial charge in [0.05, 0.1) is 13.0 Å². The molecule has 1 N–H and O–H groups in total. The van der Waals surface area contributed by atoms with E-state index in [9.17, 15) is 19.2 Å². The highest BCUT2D eigenvalue weighted by atomic mass is 16.6. The molecule has 0 aliphatic carbocycles. The lowest BCUT2D eigenvalue weighted by atomic mass is 10.00. The van der Waals surface area contributed by atoms with Crippen LogP contribution in [0.3, 0.4) is 0 Å². The van der Waals surface area contributed by atoms with Gasteiger partial charge in [-0.15, -0.1) is 0 Å². The third-order valence-electron chi connectivity index (χ3n) is 3.47. The Balaban J connectivity index is 3.02. The minimum absolute atomic E-state index is 0.0307. The summed E-state index contributed by atoms with van der Waals surface area (Å²) in [6.07, 6.45) is -0.121. The zero-order valence-electron chi connectivity index (χ0n) is 14.2. The molecule has 0 bridgehead atoms. The lowest BCUT2D eigenvalue weighted by Gasteiger charge is -2.27. The summed E-state index contributed by atoms with van der Waals surface area (Å²) in [5, 5.41) is 8.89. The Morgan fingerprint density at radius 3 is 2.35 bits per heavy atom. The Morgan fingerprint density at radius 1 is 1.35 bits per heavy atom. The predicted molar refractivity (Wildman–Crippen MR) is 80.5 cm³/mol. The normalized spacial score (nSPS) is 19.7. The van der Waals surface area contributed by atoms with E-state index in [2.05, 4.69) is 0 Å². The van der Waals surface area contributed by atoms with E-state index in [0.717, 1.165) is 4.90 Å². The fraction of sp³-hybridized carbons (Fsp3) is 0.733. The molecule has 8 nitrogen and oxygen atoms in total. The quantitative estimate of drug-likeness (QED) is 0.758. The Kier molecular flexibility index (Phi) is 5.74. The summed E-state index contributed by atoms with van der Waals surface area (Å²) in [6, 6.07) is -1.67. The molecule has 0 spiro atoms. The van der Waals surface area contributed by atoms with Crippen LogP contribution in [0, 0.1) is 5.92 Å². The zero-order chi connectivity index (χ0) is 17.9. The number of urea groups is 1. The first kappa shape index (κ1) is 18.9. The van der Waals surface area contributed by atoms with Gasteiger partial charge in [0, 0.05) is 13.0 Å². The fourth-order valence-corrected chi connectivity index (χ4v) is 2.35. The maximum Gasteiger partial charge on any atom is 0.331 e. The highest BCUT2D eigenvalue weighted by molar-refractivity contribution is 6.02. The SMILES string of the molecule is CC[C@H](CC(=O)O)C(=O)N1C(=O)N(C)C[C@H]1C(=O)OC(C)(C)C. The fourth-order valence-electron chi connectivity index (χ4n) is 2.35. The Bertz CT molecular complexity index is 511. The number of rotatable bonds is 5. The molecule has 3 amide bonds. The van der Waals surface area contributed by atoms with E-state index in [1.807, 2.05) is 0 Å². The largest absolute Gasteiger partial charge is 0.481 e. The molecule has 130 valence electrons. The van der Waals surface area contributed by atoms with Crippen molar-refractivity contribution in [3.63, 3.8) is 0 Å². The van der Waals surface area contributed by atoms with E-state index in [4.69, 9.17) is 9.84 Å². The number of ether oxygens (including phenoxy) is 1. The highest BCUT2D eigenvalue weighted by Crippen LogP contribution is 2.23. The first-order valence-electron chi connectivity index (χ1n) is 7.50. The van der Waals surface area contributed by atoms with Crippen LogP contribution in [0.25, 0.3) is 0 Å². The lowest BCUT2D eigenvalue weighted by molar-refractivity contribution is -0.162. The predicted octanol–water partition coefficient (Wildman–Crippen LogP) is 1.09. The molecule has 1 heterocycles. The Hall–Kier alpha value is -2.12. The van der Waals surface area contributed by atoms with Crippen LogP contribution >= 0.6 is 0 Å². The number of aliphatic carboxylic acids is 1. The molecule has 0 aromatic carbocycles. The number of hydrogen-bond acceptors (Lipinski definition) is 5. The number of hydrogen-bond donors (Lipinski definition) is 1. The van der Waals surface area contributed by atoms with Crippen molar-refractivity contribution in [2.24, 2.45) is 5.92 Å². The topological polar surface area (TPSA) is 104 Å². The first-order valence-corrected chi connectivity index (χ1v) is 7.50. The number of nitrogens with zero attached hydrogens (tertiary/aromatic N) is 2. The number of esters is 1. The van der Waals surface area contributed by atoms with E-state index >= 15 is 0 Å². The van der Waals surface area contributed by atoms with Gasteiger partial charge >= 0.3 is 18.0 Å². The minimum atomic E-state index is -1.13. The third kappa shape index (κ3) is 4.67. The second kappa shape index (κ2) is 6.97. The summed E-state index contributed by atoms with van der Waals surface area (Å²) in [4.78, 5) is 50.0. The standard InChI is InChI=1S/C15H24N2O6/c1-6-9(7-11(18)19)12(20)17-10(8-16(5)14(17)22)13(21)23-15(2,3)4/h9-10H,6-8H2,1-5H3,(H,18,19)/t9-,10+/m1/s1. The van der Waals surface area contributed by atoms with Crippen molar-refractivity contribution >= 4 is 23.9 Å². The number of likely N-dealkylation sites (N-methyl/N-ethyl adjacent to an activating group) is 1. The molecule has 2 atom stereocenters. The van der Waals surface area contributed by atoms with Gasteiger partial charge in [-0.25, -0.2) is 14.5 Å². The Morgan fingerprint density at radius 2 is 1.91 bits per heavy atom. The van der Waals surface area contributed by atoms with Crippen LogP contribution < -0.4 is 0 Å². The summed E-state index contributed by atoms with van der Waals surface area (Å²) in [7, 11) is 1.48. The molecule has 0 aromatic rings. The van der Waals surface area contributed by atoms with Crippen molar-refractivity contribution in [3.05, 3.63) is 0 Å². The van der Waals surface area contributed by atoms with E-state index in [1.54, 1.807) is 27.7 Å². The van der Waals surface area contributed by atoms with Crippen molar-refractivity contribution in [1.82, 2.24) is 9.80 Å². The molecule has 1 rings (SSSR count). The van der Waals surface area contributed by atoms with Gasteiger partial charge in [0.25, 0.3) is 0 Å². The van der Waals surface area contributed by atoms with Gasteiger partial charge < -0.3 is 14.7 Å². The molecule has 0 radical (unpaired) electrons. The van der Waals surface area contributed by atoms with Crippen LogP contribution in [0.2, 0.25) is 0 Å². The molecule has 23 heavy (non-hydrogen) atoms. The molecule has 0 unspecified atom stereocenters. The number of imide groups is 1. The van der Waals surface area contributed by atoms with Crippen molar-refractivity contribution in [1.29, 1.82) is 0 Å². The van der Waals surface area contributed by atoms with Gasteiger partial charge in [0.2, 0.25) is 5.91 Å². The summed E-state index contributed by atoms with van der Waals surface area (Å²) >= 11 is 0. The zero-order valence-corrected chi connectivity index (χ0v) is 14.2. The van der Waals surface area contributed by atoms with Crippen molar-refractivity contribution in [3.8, 4) is 0 Å². The third-order valence-corrected chi connectivity index (χ3v) is 3.47. The average Bonchev–Trinajstić information content (AvgIpc) is 2.69. The summed E-state index contributed by atoms with van der Waals surface area (Å²) in [6.45, 7) is 6.77. The minimum Gasteiger partial charge on any atom is -0.481 e. The molecular formula is C15H24N2O6. The average molecular weight is 328 g/mol. The van der Waals surface area contributed by atoms with E-state index in [-0.39, 0.29) is 19.4 Å². The van der Waals surface area contributed by atoms with Gasteiger partial charge in [-0.05, 0) is 27.2 Å². The smallest absolute Gasteiger partial charge is 0.331 e. The lowest BCUT2D eigenvalue weighted by Crippen LogP contribution is -2.48. The number of carboxylic acids is 1. The highest BCUT2D eigenvalue weighted by Gasteiger charge is 2.47. The molecule has 0 saturated carbocycles. The van der Waals surface area contributed by atoms with Crippen molar-refractivity contribution < 1.29 is 29.0 Å². The van der Waals surface area contributed by atoms with Gasteiger partial charge in [-0.2, -0.15) is 0 Å². The number of amides is 3. The maximum absolute atomic E-state index is 12.6. The van der Waals surface area contributed by atoms with Crippen LogP contribution in [-0.2, 0) is 19.1 Å². The van der Waals surface area contributed by atoms with Crippen molar-refractivity contribution in [2.45, 2.75) is 52.2 Å². The van der Waals surface area contributed by atoms with Crippen LogP contribution in [0.5, 0.6) is 0 Å². The van der Waals surface area contributed by atoms with Crippen LogP contribution in [0.1, 0.15) is 40.5 Å². The van der Waals surface area contributed by atoms with Gasteiger partial charge in [0.15, 0.2) is 6.04 Å². The molecule has 8 heteroatoms. The number of carbonyl (C=O) groups is 4. The second-order valence-corrected chi connectivity index (χ2v) is 6.62. The number of carbonyl (C=O) groups excluding carboxylic acids is 3. The summed E-state index contributed by atoms with van der Waals surface area (Å²) in [5.74, 6) is -3.30. The van der Waals surface area contributed by atoms with E-state index < -0.39 is 41.4 Å². The van der Waals surface area contributed by atoms with Crippen LogP contribution in [0.4, 0.5) is 4.79 Å². The molecular weight excluding hydrogens is 304 g/mol. The van der Waals surface area contributed by atoms with Gasteiger partial charge in [-0.1, -0.05) is 6.92 Å². The van der Waals surface area contributed by atoms with Gasteiger partial charge in [0.1, 0.15) is 5.60 Å². The van der Waals surface area contributed by atoms with Crippen LogP contribution in [-0.4, -0.2) is 64.0 Å². The maximum atomic E-state index is 12.6. The number of carboxylic acid groups (broad SMARTS) is 1. The molecule has 0 aromatic heterocycles. The second-order valence-electron chi connectivity index (χ2n) is 6.62. The van der Waals surface area contributed by atoms with E-state index in [1.165, 1.54) is 11.9 Å². The molecule has 1 fully saturated rings. The molecule has 1 saturated heterocycles. The summed E-state index contributed by atoms with van der Waals surface area (Å²) in [5.41, 5.74) is -0.749. The first-order chi connectivity index (χ1) is 10.5. The van der Waals surface area contributed by atoms with E-state index in [0.29, 0.717) is 0 Å². The monoisotopic (exact) mass is 328 g/mol. The van der Waals surface area contributed by atoms with Crippen LogP contribution in [0.15, 0.2) is 0 Å². The van der Waals surface area contributed by atoms with Gasteiger partial charge in [-0.3, -0.25) is 9.59 Å². The Labute approximate surface area is 135 Å². The van der Waals surface area contributed by atoms with Crippen molar-refractivity contribution in [2.75, 3.05) is 13.6 Å². The molecule has 1 aliphatic rings.